The molecule has 1 unspecified atom stereocenters. The Labute approximate surface area is 160 Å². The van der Waals surface area contributed by atoms with Gasteiger partial charge in [-0.25, -0.2) is 18.0 Å². The van der Waals surface area contributed by atoms with Crippen LogP contribution in [0.25, 0.3) is 0 Å². The number of likely N-dealkylation sites (N-methyl/N-ethyl adjacent to an activating group) is 1. The number of amides is 3. The first kappa shape index (κ1) is 18.8. The van der Waals surface area contributed by atoms with Gasteiger partial charge in [-0.1, -0.05) is 0 Å². The SMILES string of the molecule is CN1C(=O)NC(c2cc(F)c(F)cc2F)C2=C1CN(CCN1CCCC1)C2=O. The van der Waals surface area contributed by atoms with Gasteiger partial charge >= 0.3 is 6.03 Å². The first-order valence-corrected chi connectivity index (χ1v) is 9.30. The van der Waals surface area contributed by atoms with Crippen LogP contribution in [0.1, 0.15) is 24.4 Å². The Bertz CT molecular complexity index is 867. The summed E-state index contributed by atoms with van der Waals surface area (Å²) in [6, 6.07) is -0.550. The summed E-state index contributed by atoms with van der Waals surface area (Å²) in [5.41, 5.74) is 0.403. The lowest BCUT2D eigenvalue weighted by Gasteiger charge is -2.31. The van der Waals surface area contributed by atoms with Crippen molar-refractivity contribution in [3.05, 3.63) is 46.4 Å². The van der Waals surface area contributed by atoms with Gasteiger partial charge in [0.15, 0.2) is 11.6 Å². The molecule has 1 saturated heterocycles. The predicted molar refractivity (Wildman–Crippen MR) is 94.6 cm³/mol. The summed E-state index contributed by atoms with van der Waals surface area (Å²) in [7, 11) is 1.53. The van der Waals surface area contributed by atoms with Crippen LogP contribution in [-0.2, 0) is 4.79 Å². The minimum absolute atomic E-state index is 0.202. The highest BCUT2D eigenvalue weighted by Gasteiger charge is 2.43. The summed E-state index contributed by atoms with van der Waals surface area (Å²) < 4.78 is 41.4. The molecular formula is C19H21F3N4O2. The van der Waals surface area contributed by atoms with Crippen LogP contribution in [0.5, 0.6) is 0 Å². The van der Waals surface area contributed by atoms with Gasteiger partial charge < -0.3 is 15.1 Å². The number of urea groups is 1. The zero-order chi connectivity index (χ0) is 20.0. The Morgan fingerprint density at radius 3 is 2.43 bits per heavy atom. The maximum absolute atomic E-state index is 14.3. The molecule has 1 atom stereocenters. The molecule has 1 aromatic rings. The summed E-state index contributed by atoms with van der Waals surface area (Å²) in [4.78, 5) is 30.5. The third-order valence-corrected chi connectivity index (χ3v) is 5.67. The number of halogens is 3. The van der Waals surface area contributed by atoms with E-state index in [1.54, 1.807) is 4.90 Å². The van der Waals surface area contributed by atoms with Crippen LogP contribution in [0.2, 0.25) is 0 Å². The number of carbonyl (C=O) groups is 2. The van der Waals surface area contributed by atoms with Gasteiger partial charge in [0.2, 0.25) is 0 Å². The minimum Gasteiger partial charge on any atom is -0.332 e. The smallest absolute Gasteiger partial charge is 0.322 e. The monoisotopic (exact) mass is 394 g/mol. The summed E-state index contributed by atoms with van der Waals surface area (Å²) in [5.74, 6) is -3.89. The van der Waals surface area contributed by atoms with E-state index < -0.39 is 29.5 Å². The molecule has 3 aliphatic heterocycles. The van der Waals surface area contributed by atoms with E-state index in [9.17, 15) is 22.8 Å². The first-order chi connectivity index (χ1) is 13.4. The molecule has 150 valence electrons. The highest BCUT2D eigenvalue weighted by atomic mass is 19.2. The summed E-state index contributed by atoms with van der Waals surface area (Å²) in [6.07, 6.45) is 2.28. The molecule has 3 aliphatic rings. The van der Waals surface area contributed by atoms with Crippen LogP contribution in [0.3, 0.4) is 0 Å². The van der Waals surface area contributed by atoms with E-state index in [0.29, 0.717) is 24.4 Å². The fourth-order valence-electron chi connectivity index (χ4n) is 4.06. The Balaban J connectivity index is 1.63. The lowest BCUT2D eigenvalue weighted by atomic mass is 9.95. The van der Waals surface area contributed by atoms with Crippen molar-refractivity contribution in [2.75, 3.05) is 39.8 Å². The average Bonchev–Trinajstić information content (AvgIpc) is 3.28. The quantitative estimate of drug-likeness (QED) is 0.795. The summed E-state index contributed by atoms with van der Waals surface area (Å²) in [5, 5.41) is 2.53. The Kier molecular flexibility index (Phi) is 4.78. The van der Waals surface area contributed by atoms with Gasteiger partial charge in [0.25, 0.3) is 5.91 Å². The predicted octanol–water partition coefficient (Wildman–Crippen LogP) is 1.99. The van der Waals surface area contributed by atoms with Crippen molar-refractivity contribution in [3.63, 3.8) is 0 Å². The molecule has 1 fully saturated rings. The molecule has 9 heteroatoms. The fraction of sp³-hybridized carbons (Fsp3) is 0.474. The Morgan fingerprint density at radius 1 is 1.04 bits per heavy atom. The van der Waals surface area contributed by atoms with E-state index in [1.165, 1.54) is 11.9 Å². The number of nitrogens with one attached hydrogen (secondary N) is 1. The van der Waals surface area contributed by atoms with Gasteiger partial charge in [-0.15, -0.1) is 0 Å². The second-order valence-electron chi connectivity index (χ2n) is 7.37. The summed E-state index contributed by atoms with van der Waals surface area (Å²) >= 11 is 0. The minimum atomic E-state index is -1.32. The molecule has 0 saturated carbocycles. The molecule has 4 rings (SSSR count). The molecule has 0 bridgehead atoms. The van der Waals surface area contributed by atoms with E-state index in [2.05, 4.69) is 10.2 Å². The van der Waals surface area contributed by atoms with Crippen molar-refractivity contribution in [2.24, 2.45) is 0 Å². The molecule has 1 N–H and O–H groups in total. The zero-order valence-electron chi connectivity index (χ0n) is 15.5. The fourth-order valence-corrected chi connectivity index (χ4v) is 4.06. The van der Waals surface area contributed by atoms with E-state index in [1.807, 2.05) is 0 Å². The number of likely N-dealkylation sites (tertiary alicyclic amines) is 1. The van der Waals surface area contributed by atoms with Crippen LogP contribution in [0.15, 0.2) is 23.4 Å². The summed E-state index contributed by atoms with van der Waals surface area (Å²) in [6.45, 7) is 3.44. The van der Waals surface area contributed by atoms with Crippen LogP contribution < -0.4 is 5.32 Å². The van der Waals surface area contributed by atoms with Crippen molar-refractivity contribution < 1.29 is 22.8 Å². The van der Waals surface area contributed by atoms with Crippen LogP contribution >= 0.6 is 0 Å². The van der Waals surface area contributed by atoms with Gasteiger partial charge in [-0.3, -0.25) is 9.69 Å². The van der Waals surface area contributed by atoms with Gasteiger partial charge in [-0.05, 0) is 32.0 Å². The van der Waals surface area contributed by atoms with Gasteiger partial charge in [-0.2, -0.15) is 0 Å². The molecule has 0 spiro atoms. The number of rotatable bonds is 4. The Hall–Kier alpha value is -2.55. The molecule has 1 aromatic carbocycles. The lowest BCUT2D eigenvalue weighted by molar-refractivity contribution is -0.126. The number of hydrogen-bond donors (Lipinski definition) is 1. The molecule has 0 radical (unpaired) electrons. The maximum Gasteiger partial charge on any atom is 0.322 e. The second kappa shape index (κ2) is 7.12. The second-order valence-corrected chi connectivity index (χ2v) is 7.37. The van der Waals surface area contributed by atoms with Gasteiger partial charge in [0.05, 0.1) is 23.9 Å². The van der Waals surface area contributed by atoms with Crippen LogP contribution in [-0.4, -0.2) is 66.4 Å². The normalized spacial score (nSPS) is 22.9. The molecule has 0 aliphatic carbocycles. The van der Waals surface area contributed by atoms with Crippen molar-refractivity contribution in [1.82, 2.24) is 20.0 Å². The third kappa shape index (κ3) is 3.13. The van der Waals surface area contributed by atoms with Crippen LogP contribution in [0, 0.1) is 17.5 Å². The van der Waals surface area contributed by atoms with Crippen molar-refractivity contribution in [2.45, 2.75) is 18.9 Å². The molecular weight excluding hydrogens is 373 g/mol. The van der Waals surface area contributed by atoms with Gasteiger partial charge in [0, 0.05) is 31.8 Å². The maximum atomic E-state index is 14.3. The van der Waals surface area contributed by atoms with E-state index in [-0.39, 0.29) is 23.6 Å². The van der Waals surface area contributed by atoms with Crippen molar-refractivity contribution in [3.8, 4) is 0 Å². The molecule has 3 amide bonds. The van der Waals surface area contributed by atoms with Crippen LogP contribution in [0.4, 0.5) is 18.0 Å². The number of nitrogens with zero attached hydrogens (tertiary/aromatic N) is 3. The molecule has 28 heavy (non-hydrogen) atoms. The first-order valence-electron chi connectivity index (χ1n) is 9.30. The lowest BCUT2D eigenvalue weighted by Crippen LogP contribution is -2.45. The molecule has 0 aromatic heterocycles. The van der Waals surface area contributed by atoms with Gasteiger partial charge in [0.1, 0.15) is 5.82 Å². The standard InChI is InChI=1S/C19H21F3N4O2/c1-24-15-10-26(7-6-25-4-2-3-5-25)18(27)16(15)17(23-19(24)28)11-8-13(21)14(22)9-12(11)20/h8-9,17H,2-7,10H2,1H3,(H,23,28). The highest BCUT2D eigenvalue weighted by Crippen LogP contribution is 2.37. The highest BCUT2D eigenvalue weighted by molar-refractivity contribution is 6.01. The number of benzene rings is 1. The third-order valence-electron chi connectivity index (χ3n) is 5.67. The molecule has 6 nitrogen and oxygen atoms in total. The number of carbonyl (C=O) groups excluding carboxylic acids is 2. The van der Waals surface area contributed by atoms with Crippen molar-refractivity contribution >= 4 is 11.9 Å². The topological polar surface area (TPSA) is 55.9 Å². The average molecular weight is 394 g/mol. The van der Waals surface area contributed by atoms with E-state index in [4.69, 9.17) is 0 Å². The van der Waals surface area contributed by atoms with Crippen molar-refractivity contribution in [1.29, 1.82) is 0 Å². The molecule has 3 heterocycles. The Morgan fingerprint density at radius 2 is 1.71 bits per heavy atom. The van der Waals surface area contributed by atoms with E-state index >= 15 is 0 Å². The zero-order valence-corrected chi connectivity index (χ0v) is 15.5. The van der Waals surface area contributed by atoms with E-state index in [0.717, 1.165) is 32.5 Å². The number of hydrogen-bond acceptors (Lipinski definition) is 3. The largest absolute Gasteiger partial charge is 0.332 e.